The van der Waals surface area contributed by atoms with Crippen LogP contribution in [0.15, 0.2) is 36.8 Å². The van der Waals surface area contributed by atoms with Crippen LogP contribution in [0, 0.1) is 0 Å². The van der Waals surface area contributed by atoms with E-state index in [2.05, 4.69) is 20.3 Å². The fourth-order valence-electron chi connectivity index (χ4n) is 4.54. The summed E-state index contributed by atoms with van der Waals surface area (Å²) in [7, 11) is 0. The van der Waals surface area contributed by atoms with Crippen molar-refractivity contribution in [2.24, 2.45) is 0 Å². The number of amides is 1. The quantitative estimate of drug-likeness (QED) is 0.567. The van der Waals surface area contributed by atoms with Crippen molar-refractivity contribution >= 4 is 22.9 Å². The number of nitrogens with zero attached hydrogens (tertiary/aromatic N) is 5. The molecule has 9 nitrogen and oxygen atoms in total. The molecular formula is C23H26F2N6O3. The maximum Gasteiger partial charge on any atom is 0.261 e. The Morgan fingerprint density at radius 3 is 2.82 bits per heavy atom. The van der Waals surface area contributed by atoms with E-state index in [1.807, 2.05) is 19.1 Å². The van der Waals surface area contributed by atoms with Gasteiger partial charge in [0.2, 0.25) is 0 Å². The van der Waals surface area contributed by atoms with Crippen molar-refractivity contribution in [3.8, 4) is 5.75 Å². The molecule has 34 heavy (non-hydrogen) atoms. The molecule has 1 unspecified atom stereocenters. The van der Waals surface area contributed by atoms with Gasteiger partial charge in [-0.1, -0.05) is 0 Å². The number of halogens is 2. The van der Waals surface area contributed by atoms with Gasteiger partial charge in [0.25, 0.3) is 12.3 Å². The van der Waals surface area contributed by atoms with E-state index in [0.29, 0.717) is 55.2 Å². The molecule has 0 bridgehead atoms. The van der Waals surface area contributed by atoms with Crippen LogP contribution in [0.25, 0.3) is 5.65 Å². The van der Waals surface area contributed by atoms with E-state index in [9.17, 15) is 18.7 Å². The third kappa shape index (κ3) is 4.28. The summed E-state index contributed by atoms with van der Waals surface area (Å²) in [5.74, 6) is 0.298. The minimum absolute atomic E-state index is 0.140. The smallest absolute Gasteiger partial charge is 0.261 e. The maximum atomic E-state index is 13.2. The normalized spacial score (nSPS) is 20.6. The van der Waals surface area contributed by atoms with Gasteiger partial charge in [-0.3, -0.25) is 9.69 Å². The Morgan fingerprint density at radius 1 is 1.29 bits per heavy atom. The molecule has 5 rings (SSSR count). The predicted octanol–water partition coefficient (Wildman–Crippen LogP) is 2.05. The van der Waals surface area contributed by atoms with Crippen LogP contribution in [0.5, 0.6) is 5.75 Å². The highest BCUT2D eigenvalue weighted by atomic mass is 19.3. The zero-order valence-electron chi connectivity index (χ0n) is 18.7. The van der Waals surface area contributed by atoms with Crippen molar-refractivity contribution in [3.05, 3.63) is 47.9 Å². The van der Waals surface area contributed by atoms with Crippen molar-refractivity contribution in [2.75, 3.05) is 49.5 Å². The number of carbonyl (C=O) groups excluding carboxylic acids is 1. The van der Waals surface area contributed by atoms with Gasteiger partial charge in [-0.2, -0.15) is 5.10 Å². The number of benzene rings is 1. The summed E-state index contributed by atoms with van der Waals surface area (Å²) in [6, 6.07) is 5.46. The average Bonchev–Trinajstić information content (AvgIpc) is 3.39. The zero-order valence-corrected chi connectivity index (χ0v) is 18.7. The molecule has 2 aromatic heterocycles. The second-order valence-corrected chi connectivity index (χ2v) is 8.94. The van der Waals surface area contributed by atoms with Gasteiger partial charge in [0.05, 0.1) is 30.7 Å². The molecule has 0 aliphatic carbocycles. The number of aliphatic hydroxyl groups excluding tert-OH is 1. The lowest BCUT2D eigenvalue weighted by molar-refractivity contribution is 0.0447. The van der Waals surface area contributed by atoms with Crippen molar-refractivity contribution in [1.82, 2.24) is 19.5 Å². The number of alkyl halides is 2. The molecule has 0 radical (unpaired) electrons. The lowest BCUT2D eigenvalue weighted by Gasteiger charge is -2.37. The Balaban J connectivity index is 1.45. The number of hydrogen-bond acceptors (Lipinski definition) is 7. The second-order valence-electron chi connectivity index (χ2n) is 8.94. The molecule has 2 aliphatic heterocycles. The van der Waals surface area contributed by atoms with Crippen molar-refractivity contribution < 1.29 is 23.4 Å². The molecule has 1 saturated heterocycles. The van der Waals surface area contributed by atoms with Gasteiger partial charge in [-0.15, -0.1) is 0 Å². The van der Waals surface area contributed by atoms with E-state index in [0.717, 1.165) is 11.3 Å². The lowest BCUT2D eigenvalue weighted by atomic mass is 9.99. The van der Waals surface area contributed by atoms with Crippen LogP contribution in [-0.2, 0) is 6.42 Å². The van der Waals surface area contributed by atoms with Crippen LogP contribution < -0.4 is 15.0 Å². The minimum Gasteiger partial charge on any atom is -0.484 e. The Bertz CT molecular complexity index is 1210. The largest absolute Gasteiger partial charge is 0.484 e. The number of aromatic nitrogens is 3. The Kier molecular flexibility index (Phi) is 5.82. The van der Waals surface area contributed by atoms with E-state index in [-0.39, 0.29) is 19.1 Å². The molecule has 2 aliphatic rings. The molecule has 0 spiro atoms. The summed E-state index contributed by atoms with van der Waals surface area (Å²) in [6.45, 7) is 3.48. The number of piperazine rings is 1. The average molecular weight is 472 g/mol. The Morgan fingerprint density at radius 2 is 2.09 bits per heavy atom. The highest BCUT2D eigenvalue weighted by Crippen LogP contribution is 2.42. The molecular weight excluding hydrogens is 446 g/mol. The van der Waals surface area contributed by atoms with E-state index in [1.54, 1.807) is 23.4 Å². The predicted molar refractivity (Wildman–Crippen MR) is 122 cm³/mol. The van der Waals surface area contributed by atoms with E-state index < -0.39 is 12.0 Å². The lowest BCUT2D eigenvalue weighted by Crippen LogP contribution is -2.48. The number of nitrogens with one attached hydrogen (secondary N) is 1. The van der Waals surface area contributed by atoms with Crippen LogP contribution in [0.4, 0.5) is 20.2 Å². The summed E-state index contributed by atoms with van der Waals surface area (Å²) < 4.78 is 33.1. The first-order valence-corrected chi connectivity index (χ1v) is 11.2. The van der Waals surface area contributed by atoms with Crippen LogP contribution >= 0.6 is 0 Å². The molecule has 1 aromatic carbocycles. The third-order valence-electron chi connectivity index (χ3n) is 6.32. The SMILES string of the molecule is CC1(CO)Cc2cc(NC(=O)c3cnn4cccnc34)c(N3CCN(CC(F)F)CC3)cc2O1. The van der Waals surface area contributed by atoms with Gasteiger partial charge in [-0.05, 0) is 19.1 Å². The Labute approximate surface area is 194 Å². The Hall–Kier alpha value is -3.31. The van der Waals surface area contributed by atoms with Gasteiger partial charge in [-0.25, -0.2) is 18.3 Å². The van der Waals surface area contributed by atoms with Crippen LogP contribution in [0.1, 0.15) is 22.8 Å². The first kappa shape index (κ1) is 22.5. The fourth-order valence-corrected chi connectivity index (χ4v) is 4.54. The summed E-state index contributed by atoms with van der Waals surface area (Å²) in [5.41, 5.74) is 2.27. The standard InChI is InChI=1S/C23H26F2N6O3/c1-23(14-32)11-15-9-17(28-22(33)16-12-27-31-4-2-3-26-21(16)31)18(10-19(15)34-23)30-7-5-29(6-8-30)13-20(24)25/h2-4,9-10,12,20,32H,5-8,11,13-14H2,1H3,(H,28,33). The molecule has 3 aromatic rings. The number of hydrogen-bond donors (Lipinski definition) is 2. The molecule has 1 amide bonds. The van der Waals surface area contributed by atoms with E-state index in [4.69, 9.17) is 4.74 Å². The highest BCUT2D eigenvalue weighted by molar-refractivity contribution is 6.09. The molecule has 1 atom stereocenters. The summed E-state index contributed by atoms with van der Waals surface area (Å²) in [4.78, 5) is 21.2. The number of ether oxygens (including phenoxy) is 1. The van der Waals surface area contributed by atoms with Gasteiger partial charge in [0, 0.05) is 56.6 Å². The molecule has 1 fully saturated rings. The molecule has 180 valence electrons. The van der Waals surface area contributed by atoms with Gasteiger partial charge < -0.3 is 20.1 Å². The molecule has 0 saturated carbocycles. The molecule has 2 N–H and O–H groups in total. The van der Waals surface area contributed by atoms with Crippen LogP contribution in [0.2, 0.25) is 0 Å². The van der Waals surface area contributed by atoms with E-state index in [1.165, 1.54) is 10.7 Å². The molecule has 4 heterocycles. The molecule has 11 heteroatoms. The summed E-state index contributed by atoms with van der Waals surface area (Å²) in [5, 5.41) is 16.9. The fraction of sp³-hybridized carbons (Fsp3) is 0.435. The van der Waals surface area contributed by atoms with E-state index >= 15 is 0 Å². The van der Waals surface area contributed by atoms with Crippen LogP contribution in [-0.4, -0.2) is 81.9 Å². The van der Waals surface area contributed by atoms with Gasteiger partial charge >= 0.3 is 0 Å². The number of fused-ring (bicyclic) bond motifs is 2. The first-order valence-electron chi connectivity index (χ1n) is 11.2. The monoisotopic (exact) mass is 472 g/mol. The number of aliphatic hydroxyl groups is 1. The topological polar surface area (TPSA) is 95.2 Å². The zero-order chi connectivity index (χ0) is 23.9. The van der Waals surface area contributed by atoms with Crippen molar-refractivity contribution in [3.63, 3.8) is 0 Å². The number of rotatable bonds is 6. The maximum absolute atomic E-state index is 13.2. The van der Waals surface area contributed by atoms with Gasteiger partial charge in [0.15, 0.2) is 5.65 Å². The second kappa shape index (κ2) is 8.80. The van der Waals surface area contributed by atoms with Gasteiger partial charge in [0.1, 0.15) is 16.9 Å². The number of carbonyl (C=O) groups is 1. The van der Waals surface area contributed by atoms with Crippen LogP contribution in [0.3, 0.4) is 0 Å². The number of anilines is 2. The highest BCUT2D eigenvalue weighted by Gasteiger charge is 2.36. The summed E-state index contributed by atoms with van der Waals surface area (Å²) >= 11 is 0. The minimum atomic E-state index is -2.37. The van der Waals surface area contributed by atoms with Crippen molar-refractivity contribution in [1.29, 1.82) is 0 Å². The first-order chi connectivity index (χ1) is 16.3. The van der Waals surface area contributed by atoms with Crippen molar-refractivity contribution in [2.45, 2.75) is 25.4 Å². The third-order valence-corrected chi connectivity index (χ3v) is 6.32. The summed E-state index contributed by atoms with van der Waals surface area (Å²) in [6.07, 6.45) is 2.92.